The van der Waals surface area contributed by atoms with Gasteiger partial charge in [0.1, 0.15) is 0 Å². The van der Waals surface area contributed by atoms with Gasteiger partial charge in [-0.3, -0.25) is 19.2 Å². The smallest absolute Gasteiger partial charge is 0.329 e. The number of carbonyl (C=O) groups is 4. The maximum absolute atomic E-state index is 13.7. The summed E-state index contributed by atoms with van der Waals surface area (Å²) in [6.07, 6.45) is 1.52. The second-order valence-corrected chi connectivity index (χ2v) is 8.72. The Morgan fingerprint density at radius 2 is 1.92 bits per heavy atom. The van der Waals surface area contributed by atoms with Crippen LogP contribution in [-0.4, -0.2) is 42.3 Å². The maximum Gasteiger partial charge on any atom is 0.329 e. The topological polar surface area (TPSA) is 123 Å². The Kier molecular flexibility index (Phi) is 7.42. The van der Waals surface area contributed by atoms with Gasteiger partial charge in [0.2, 0.25) is 5.91 Å². The molecular formula is C26H29N3O7. The lowest BCUT2D eigenvalue weighted by molar-refractivity contribution is -0.156. The molecule has 1 heterocycles. The molecule has 0 spiro atoms. The summed E-state index contributed by atoms with van der Waals surface area (Å²) in [4.78, 5) is 56.1. The van der Waals surface area contributed by atoms with Gasteiger partial charge in [0.15, 0.2) is 11.5 Å². The van der Waals surface area contributed by atoms with Gasteiger partial charge < -0.3 is 24.5 Å². The number of amides is 3. The van der Waals surface area contributed by atoms with Crippen molar-refractivity contribution in [3.05, 3.63) is 53.1 Å². The second-order valence-electron chi connectivity index (χ2n) is 8.72. The normalized spacial score (nSPS) is 15.1. The van der Waals surface area contributed by atoms with Gasteiger partial charge in [0, 0.05) is 19.4 Å². The molecule has 0 aromatic heterocycles. The molecule has 2 N–H and O–H groups in total. The summed E-state index contributed by atoms with van der Waals surface area (Å²) in [5.74, 6) is -0.658. The second kappa shape index (κ2) is 10.7. The summed E-state index contributed by atoms with van der Waals surface area (Å²) in [6.45, 7) is 3.65. The zero-order chi connectivity index (χ0) is 25.8. The summed E-state index contributed by atoms with van der Waals surface area (Å²) in [6, 6.07) is 9.83. The largest absolute Gasteiger partial charge is 0.493 e. The lowest BCUT2D eigenvalue weighted by atomic mass is 10.0. The number of nitrogens with zero attached hydrogens (tertiary/aromatic N) is 1. The molecule has 2 aromatic carbocycles. The van der Waals surface area contributed by atoms with Crippen molar-refractivity contribution in [1.29, 1.82) is 0 Å². The van der Waals surface area contributed by atoms with Crippen molar-refractivity contribution in [2.75, 3.05) is 19.0 Å². The van der Waals surface area contributed by atoms with Crippen LogP contribution in [0, 0.1) is 5.92 Å². The molecule has 4 rings (SSSR count). The van der Waals surface area contributed by atoms with Gasteiger partial charge in [-0.2, -0.15) is 5.48 Å². The minimum atomic E-state index is -0.711. The first-order valence-electron chi connectivity index (χ1n) is 11.8. The van der Waals surface area contributed by atoms with Gasteiger partial charge in [0.05, 0.1) is 37.4 Å². The number of methoxy groups -OCH3 is 1. The number of ether oxygens (including phenoxy) is 2. The predicted molar refractivity (Wildman–Crippen MR) is 129 cm³/mol. The van der Waals surface area contributed by atoms with Crippen LogP contribution in [0.5, 0.6) is 11.5 Å². The van der Waals surface area contributed by atoms with E-state index in [1.165, 1.54) is 14.0 Å². The monoisotopic (exact) mass is 495 g/mol. The van der Waals surface area contributed by atoms with Crippen LogP contribution in [0.1, 0.15) is 60.6 Å². The molecule has 0 saturated heterocycles. The molecular weight excluding hydrogens is 466 g/mol. The van der Waals surface area contributed by atoms with E-state index < -0.39 is 17.9 Å². The average Bonchev–Trinajstić information content (AvgIpc) is 3.65. The van der Waals surface area contributed by atoms with Gasteiger partial charge in [0.25, 0.3) is 11.8 Å². The molecule has 1 atom stereocenters. The van der Waals surface area contributed by atoms with E-state index in [0.717, 1.165) is 18.4 Å². The van der Waals surface area contributed by atoms with Crippen molar-refractivity contribution >= 4 is 29.4 Å². The van der Waals surface area contributed by atoms with E-state index in [1.807, 2.05) is 13.0 Å². The summed E-state index contributed by atoms with van der Waals surface area (Å²) in [7, 11) is 1.53. The van der Waals surface area contributed by atoms with Crippen LogP contribution < -0.4 is 20.3 Å². The molecule has 10 heteroatoms. The van der Waals surface area contributed by atoms with Gasteiger partial charge in [-0.1, -0.05) is 18.2 Å². The number of rotatable bonds is 9. The Labute approximate surface area is 208 Å². The van der Waals surface area contributed by atoms with E-state index in [2.05, 4.69) is 15.6 Å². The van der Waals surface area contributed by atoms with Gasteiger partial charge >= 0.3 is 5.97 Å². The lowest BCUT2D eigenvalue weighted by Gasteiger charge is -2.28. The predicted octanol–water partition coefficient (Wildman–Crippen LogP) is 3.12. The van der Waals surface area contributed by atoms with Crippen LogP contribution in [0.4, 0.5) is 5.69 Å². The van der Waals surface area contributed by atoms with Crippen molar-refractivity contribution in [2.45, 2.75) is 45.7 Å². The molecule has 1 fully saturated rings. The molecule has 0 bridgehead atoms. The van der Waals surface area contributed by atoms with E-state index in [4.69, 9.17) is 9.47 Å². The lowest BCUT2D eigenvalue weighted by Crippen LogP contribution is -2.35. The first-order valence-corrected chi connectivity index (χ1v) is 11.8. The molecule has 36 heavy (non-hydrogen) atoms. The van der Waals surface area contributed by atoms with E-state index in [9.17, 15) is 19.2 Å². The molecule has 1 aliphatic heterocycles. The quantitative estimate of drug-likeness (QED) is 0.513. The fourth-order valence-corrected chi connectivity index (χ4v) is 4.24. The van der Waals surface area contributed by atoms with Crippen LogP contribution >= 0.6 is 0 Å². The summed E-state index contributed by atoms with van der Waals surface area (Å²) in [5, 5.41) is 2.89. The Morgan fingerprint density at radius 1 is 1.14 bits per heavy atom. The number of nitrogens with one attached hydrogen (secondary N) is 2. The molecule has 0 radical (unpaired) electrons. The molecule has 0 unspecified atom stereocenters. The van der Waals surface area contributed by atoms with Gasteiger partial charge in [-0.15, -0.1) is 0 Å². The Hall–Kier alpha value is -4.08. The Bertz CT molecular complexity index is 1190. The number of hydroxylamine groups is 1. The van der Waals surface area contributed by atoms with Crippen LogP contribution in [0.15, 0.2) is 36.4 Å². The highest BCUT2D eigenvalue weighted by Crippen LogP contribution is 2.40. The van der Waals surface area contributed by atoms with Crippen molar-refractivity contribution in [3.63, 3.8) is 0 Å². The highest BCUT2D eigenvalue weighted by atomic mass is 16.7. The Morgan fingerprint density at radius 3 is 2.58 bits per heavy atom. The summed E-state index contributed by atoms with van der Waals surface area (Å²) in [5.41, 5.74) is 4.39. The SMILES string of the molecule is CCOc1cc([C@@H](CC(=O)NOC(C)=O)N2Cc3cccc(NC(=O)C4CC4)c3C2=O)ccc1OC. The van der Waals surface area contributed by atoms with Crippen LogP contribution in [0.2, 0.25) is 0 Å². The molecule has 2 aromatic rings. The van der Waals surface area contributed by atoms with E-state index >= 15 is 0 Å². The Balaban J connectivity index is 1.66. The van der Waals surface area contributed by atoms with E-state index in [0.29, 0.717) is 34.9 Å². The highest BCUT2D eigenvalue weighted by Gasteiger charge is 2.38. The van der Waals surface area contributed by atoms with Gasteiger partial charge in [-0.05, 0) is 49.1 Å². The minimum absolute atomic E-state index is 0.0116. The number of hydrogen-bond acceptors (Lipinski definition) is 7. The number of anilines is 1. The summed E-state index contributed by atoms with van der Waals surface area (Å²) < 4.78 is 11.1. The third kappa shape index (κ3) is 5.42. The molecule has 1 aliphatic carbocycles. The van der Waals surface area contributed by atoms with Crippen molar-refractivity contribution in [2.24, 2.45) is 5.92 Å². The number of carbonyl (C=O) groups excluding carboxylic acids is 4. The fraction of sp³-hybridized carbons (Fsp3) is 0.385. The van der Waals surface area contributed by atoms with E-state index in [1.54, 1.807) is 35.2 Å². The van der Waals surface area contributed by atoms with E-state index in [-0.39, 0.29) is 30.7 Å². The van der Waals surface area contributed by atoms with Gasteiger partial charge in [-0.25, -0.2) is 0 Å². The fourth-order valence-electron chi connectivity index (χ4n) is 4.24. The third-order valence-electron chi connectivity index (χ3n) is 6.11. The highest BCUT2D eigenvalue weighted by molar-refractivity contribution is 6.07. The molecule has 3 amide bonds. The number of hydrogen-bond donors (Lipinski definition) is 2. The molecule has 2 aliphatic rings. The van der Waals surface area contributed by atoms with Crippen LogP contribution in [-0.2, 0) is 25.8 Å². The molecule has 1 saturated carbocycles. The minimum Gasteiger partial charge on any atom is -0.493 e. The summed E-state index contributed by atoms with van der Waals surface area (Å²) >= 11 is 0. The first-order chi connectivity index (χ1) is 17.3. The van der Waals surface area contributed by atoms with Crippen molar-refractivity contribution in [3.8, 4) is 11.5 Å². The maximum atomic E-state index is 13.7. The molecule has 190 valence electrons. The molecule has 10 nitrogen and oxygen atoms in total. The van der Waals surface area contributed by atoms with Crippen molar-refractivity contribution in [1.82, 2.24) is 10.4 Å². The number of fused-ring (bicyclic) bond motifs is 1. The standard InChI is InChI=1S/C26H29N3O7/c1-4-35-22-12-17(10-11-21(22)34-3)20(13-23(31)28-36-15(2)30)29-14-18-6-5-7-19(24(18)26(29)33)27-25(32)16-8-9-16/h5-7,10-12,16,20H,4,8-9,13-14H2,1-3H3,(H,27,32)(H,28,31)/t20-/m1/s1. The zero-order valence-electron chi connectivity index (χ0n) is 20.5. The zero-order valence-corrected chi connectivity index (χ0v) is 20.5. The number of benzene rings is 2. The van der Waals surface area contributed by atoms with Crippen LogP contribution in [0.3, 0.4) is 0 Å². The van der Waals surface area contributed by atoms with Crippen molar-refractivity contribution < 1.29 is 33.5 Å². The average molecular weight is 496 g/mol. The third-order valence-corrected chi connectivity index (χ3v) is 6.11. The first kappa shape index (κ1) is 25.0. The van der Waals surface area contributed by atoms with Crippen LogP contribution in [0.25, 0.3) is 0 Å².